The highest BCUT2D eigenvalue weighted by Gasteiger charge is 2.27. The molecule has 1 aliphatic heterocycles. The van der Waals surface area contributed by atoms with Gasteiger partial charge in [-0.2, -0.15) is 0 Å². The number of aliphatic imine (C=N–C) groups is 1. The molecule has 0 radical (unpaired) electrons. The molecule has 3 N–H and O–H groups in total. The highest BCUT2D eigenvalue weighted by Crippen LogP contribution is 2.25. The molecule has 0 aliphatic carbocycles. The van der Waals surface area contributed by atoms with Crippen LogP contribution in [-0.4, -0.2) is 52.1 Å². The topological polar surface area (TPSA) is 103 Å². The van der Waals surface area contributed by atoms with E-state index < -0.39 is 0 Å². The summed E-state index contributed by atoms with van der Waals surface area (Å²) in [4.78, 5) is 12.0. The van der Waals surface area contributed by atoms with Gasteiger partial charge in [-0.05, 0) is 18.4 Å². The molecule has 2 aromatic rings. The lowest BCUT2D eigenvalue weighted by atomic mass is 10.1. The lowest BCUT2D eigenvalue weighted by molar-refractivity contribution is 0.550. The van der Waals surface area contributed by atoms with E-state index in [-0.39, 0.29) is 22.6 Å². The molecular weight excluding hydrogens is 334 g/mol. The van der Waals surface area contributed by atoms with Gasteiger partial charge in [0.1, 0.15) is 22.5 Å². The molecule has 7 nitrogen and oxygen atoms in total. The second kappa shape index (κ2) is 7.02. The summed E-state index contributed by atoms with van der Waals surface area (Å²) in [6.45, 7) is 2.99. The Balaban J connectivity index is 1.81. The predicted molar refractivity (Wildman–Crippen MR) is 106 cm³/mol. The van der Waals surface area contributed by atoms with Crippen LogP contribution in [0.2, 0.25) is 0 Å². The molecule has 1 aromatic heterocycles. The van der Waals surface area contributed by atoms with Gasteiger partial charge < -0.3 is 9.80 Å². The molecule has 0 atom stereocenters. The summed E-state index contributed by atoms with van der Waals surface area (Å²) in [5.41, 5.74) is 0. The number of hydrogen-bond acceptors (Lipinski definition) is 5. The van der Waals surface area contributed by atoms with E-state index >= 15 is 0 Å². The third-order valence-electron chi connectivity index (χ3n) is 3.97. The van der Waals surface area contributed by atoms with Crippen LogP contribution in [0.25, 0.3) is 10.8 Å². The van der Waals surface area contributed by atoms with Crippen molar-refractivity contribution >= 4 is 51.8 Å². The van der Waals surface area contributed by atoms with Crippen molar-refractivity contribution in [2.45, 2.75) is 6.92 Å². The fourth-order valence-corrected chi connectivity index (χ4v) is 3.09. The first-order valence-corrected chi connectivity index (χ1v) is 8.27. The number of rotatable bonds is 2. The third-order valence-corrected chi connectivity index (χ3v) is 4.28. The minimum absolute atomic E-state index is 0.0467. The van der Waals surface area contributed by atoms with Crippen LogP contribution in [0.1, 0.15) is 6.92 Å². The Morgan fingerprint density at radius 2 is 1.96 bits per heavy atom. The highest BCUT2D eigenvalue weighted by molar-refractivity contribution is 7.99. The van der Waals surface area contributed by atoms with Crippen LogP contribution < -0.4 is 4.90 Å². The SMILES string of the molecule is CC(=N)/N=C(\S)C(=N)N1CCN(c2nccc3ccccc23)CC1=N. The summed E-state index contributed by atoms with van der Waals surface area (Å²) in [7, 11) is 0. The molecule has 0 amide bonds. The maximum atomic E-state index is 8.31. The Kier molecular flexibility index (Phi) is 4.80. The quantitative estimate of drug-likeness (QED) is 0.379. The second-order valence-corrected chi connectivity index (χ2v) is 6.17. The molecule has 1 aliphatic rings. The van der Waals surface area contributed by atoms with Crippen molar-refractivity contribution in [1.29, 1.82) is 16.2 Å². The summed E-state index contributed by atoms with van der Waals surface area (Å²) in [6.07, 6.45) is 1.78. The number of nitrogens with zero attached hydrogens (tertiary/aromatic N) is 4. The summed E-state index contributed by atoms with van der Waals surface area (Å²) in [6, 6.07) is 10.0. The number of anilines is 1. The lowest BCUT2D eigenvalue weighted by Gasteiger charge is -2.37. The highest BCUT2D eigenvalue weighted by atomic mass is 32.1. The molecular formula is C17H19N7S. The van der Waals surface area contributed by atoms with E-state index in [1.807, 2.05) is 35.2 Å². The minimum atomic E-state index is 0.0467. The van der Waals surface area contributed by atoms with Gasteiger partial charge in [-0.15, -0.1) is 12.6 Å². The van der Waals surface area contributed by atoms with Crippen LogP contribution in [0.15, 0.2) is 41.5 Å². The molecule has 25 heavy (non-hydrogen) atoms. The van der Waals surface area contributed by atoms with Gasteiger partial charge >= 0.3 is 0 Å². The van der Waals surface area contributed by atoms with Gasteiger partial charge in [0.15, 0.2) is 5.84 Å². The Bertz CT molecular complexity index is 884. The second-order valence-electron chi connectivity index (χ2n) is 5.75. The Labute approximate surface area is 151 Å². The Hall–Kier alpha value is -2.74. The molecule has 1 saturated heterocycles. The summed E-state index contributed by atoms with van der Waals surface area (Å²) < 4.78 is 0. The van der Waals surface area contributed by atoms with Gasteiger partial charge in [-0.25, -0.2) is 9.98 Å². The van der Waals surface area contributed by atoms with Crippen molar-refractivity contribution in [2.75, 3.05) is 24.5 Å². The van der Waals surface area contributed by atoms with Crippen molar-refractivity contribution in [1.82, 2.24) is 9.88 Å². The molecule has 0 saturated carbocycles. The van der Waals surface area contributed by atoms with Gasteiger partial charge in [0, 0.05) is 24.7 Å². The molecule has 0 spiro atoms. The number of thiol groups is 1. The first-order chi connectivity index (χ1) is 12.0. The van der Waals surface area contributed by atoms with Gasteiger partial charge in [0.2, 0.25) is 0 Å². The van der Waals surface area contributed by atoms with Crippen LogP contribution in [0.4, 0.5) is 5.82 Å². The standard InChI is InChI=1S/C17H19N7S/c1-11(18)22-17(25)15(20)24-9-8-23(10-14(24)19)16-13-5-3-2-4-12(13)6-7-21-16/h2-7,19-20H,8-10H2,1H3,(H2,18,22,25). The average molecular weight is 353 g/mol. The molecule has 8 heteroatoms. The predicted octanol–water partition coefficient (Wildman–Crippen LogP) is 2.64. The fraction of sp³-hybridized carbons (Fsp3) is 0.235. The van der Waals surface area contributed by atoms with Crippen LogP contribution in [0, 0.1) is 16.2 Å². The molecule has 1 fully saturated rings. The molecule has 0 bridgehead atoms. The van der Waals surface area contributed by atoms with Crippen LogP contribution in [0.3, 0.4) is 0 Å². The number of hydrogen-bond donors (Lipinski definition) is 4. The van der Waals surface area contributed by atoms with E-state index in [1.54, 1.807) is 11.1 Å². The lowest BCUT2D eigenvalue weighted by Crippen LogP contribution is -2.53. The monoisotopic (exact) mass is 353 g/mol. The smallest absolute Gasteiger partial charge is 0.159 e. The number of piperazine rings is 1. The summed E-state index contributed by atoms with van der Waals surface area (Å²) in [5.74, 6) is 1.27. The Morgan fingerprint density at radius 1 is 1.20 bits per heavy atom. The molecule has 2 heterocycles. The molecule has 3 rings (SSSR count). The largest absolute Gasteiger partial charge is 0.347 e. The van der Waals surface area contributed by atoms with Crippen LogP contribution in [0.5, 0.6) is 0 Å². The molecule has 0 unspecified atom stereocenters. The zero-order valence-electron chi connectivity index (χ0n) is 13.8. The number of nitrogens with one attached hydrogen (secondary N) is 3. The zero-order chi connectivity index (χ0) is 18.0. The number of benzene rings is 1. The van der Waals surface area contributed by atoms with E-state index in [2.05, 4.69) is 22.6 Å². The number of aromatic nitrogens is 1. The summed E-state index contributed by atoms with van der Waals surface area (Å²) in [5, 5.41) is 26.2. The van der Waals surface area contributed by atoms with Gasteiger partial charge in [0.05, 0.1) is 6.54 Å². The van der Waals surface area contributed by atoms with E-state index in [1.165, 1.54) is 6.92 Å². The normalized spacial score (nSPS) is 15.6. The first-order valence-electron chi connectivity index (χ1n) is 7.83. The average Bonchev–Trinajstić information content (AvgIpc) is 2.60. The van der Waals surface area contributed by atoms with E-state index in [4.69, 9.17) is 16.2 Å². The van der Waals surface area contributed by atoms with Crippen molar-refractivity contribution in [2.24, 2.45) is 4.99 Å². The van der Waals surface area contributed by atoms with Crippen LogP contribution >= 0.6 is 12.6 Å². The maximum Gasteiger partial charge on any atom is 0.159 e. The van der Waals surface area contributed by atoms with Crippen LogP contribution in [-0.2, 0) is 0 Å². The van der Waals surface area contributed by atoms with Gasteiger partial charge in [-0.3, -0.25) is 16.2 Å². The number of amidine groups is 3. The van der Waals surface area contributed by atoms with Crippen molar-refractivity contribution in [3.63, 3.8) is 0 Å². The fourth-order valence-electron chi connectivity index (χ4n) is 2.82. The first kappa shape index (κ1) is 17.1. The Morgan fingerprint density at radius 3 is 2.68 bits per heavy atom. The van der Waals surface area contributed by atoms with Crippen molar-refractivity contribution in [3.05, 3.63) is 36.5 Å². The van der Waals surface area contributed by atoms with Gasteiger partial charge in [0.25, 0.3) is 0 Å². The zero-order valence-corrected chi connectivity index (χ0v) is 14.7. The van der Waals surface area contributed by atoms with Gasteiger partial charge in [-0.1, -0.05) is 24.3 Å². The summed E-state index contributed by atoms with van der Waals surface area (Å²) >= 11 is 4.18. The number of fused-ring (bicyclic) bond motifs is 1. The third kappa shape index (κ3) is 3.53. The van der Waals surface area contributed by atoms with E-state index in [9.17, 15) is 0 Å². The van der Waals surface area contributed by atoms with Crippen molar-refractivity contribution < 1.29 is 0 Å². The number of pyridine rings is 1. The molecule has 1 aromatic carbocycles. The van der Waals surface area contributed by atoms with E-state index in [0.717, 1.165) is 16.6 Å². The molecule has 128 valence electrons. The van der Waals surface area contributed by atoms with E-state index in [0.29, 0.717) is 19.6 Å². The maximum absolute atomic E-state index is 8.31. The minimum Gasteiger partial charge on any atom is -0.347 e. The van der Waals surface area contributed by atoms with Crippen molar-refractivity contribution in [3.8, 4) is 0 Å².